The van der Waals surface area contributed by atoms with Gasteiger partial charge < -0.3 is 5.32 Å². The van der Waals surface area contributed by atoms with E-state index in [0.29, 0.717) is 38.0 Å². The van der Waals surface area contributed by atoms with Crippen LogP contribution in [-0.2, 0) is 26.5 Å². The summed E-state index contributed by atoms with van der Waals surface area (Å²) < 4.78 is 52.8. The van der Waals surface area contributed by atoms with Crippen LogP contribution < -0.4 is 9.62 Å². The highest BCUT2D eigenvalue weighted by atomic mass is 32.2. The quantitative estimate of drug-likeness (QED) is 0.725. The average molecular weight is 464 g/mol. The first-order chi connectivity index (χ1) is 14.7. The van der Waals surface area contributed by atoms with Crippen molar-refractivity contribution >= 4 is 31.6 Å². The molecule has 2 aliphatic heterocycles. The third-order valence-corrected chi connectivity index (χ3v) is 8.80. The van der Waals surface area contributed by atoms with Gasteiger partial charge in [-0.1, -0.05) is 24.3 Å². The molecule has 1 amide bonds. The standard InChI is InChI=1S/C21H25N3O5S2/c1-30(26,27)23-12-5-8-18(15-23)22-21(25)17-7-4-9-19(14-17)31(28,29)24-13-11-16-6-2-3-10-20(16)24/h2-4,6-7,9-10,14,18H,5,8,11-13,15H2,1H3,(H,22,25). The second-order valence-electron chi connectivity index (χ2n) is 7.92. The lowest BCUT2D eigenvalue weighted by Crippen LogP contribution is -2.49. The van der Waals surface area contributed by atoms with Crippen molar-refractivity contribution in [2.75, 3.05) is 30.2 Å². The minimum absolute atomic E-state index is 0.0539. The predicted octanol–water partition coefficient (Wildman–Crippen LogP) is 1.59. The van der Waals surface area contributed by atoms with E-state index in [1.165, 1.54) is 20.7 Å². The van der Waals surface area contributed by atoms with Crippen LogP contribution in [0.25, 0.3) is 0 Å². The molecule has 1 fully saturated rings. The zero-order chi connectivity index (χ0) is 22.2. The van der Waals surface area contributed by atoms with Crippen LogP contribution in [0.1, 0.15) is 28.8 Å². The highest BCUT2D eigenvalue weighted by Crippen LogP contribution is 2.32. The van der Waals surface area contributed by atoms with Crippen LogP contribution in [0.15, 0.2) is 53.4 Å². The molecule has 0 spiro atoms. The van der Waals surface area contributed by atoms with Gasteiger partial charge in [0, 0.05) is 31.2 Å². The van der Waals surface area contributed by atoms with Gasteiger partial charge in [-0.05, 0) is 49.1 Å². The number of para-hydroxylation sites is 1. The van der Waals surface area contributed by atoms with E-state index >= 15 is 0 Å². The van der Waals surface area contributed by atoms with Crippen LogP contribution in [0.4, 0.5) is 5.69 Å². The third-order valence-electron chi connectivity index (χ3n) is 5.72. The number of hydrogen-bond acceptors (Lipinski definition) is 5. The van der Waals surface area contributed by atoms with Crippen LogP contribution in [-0.4, -0.2) is 59.0 Å². The van der Waals surface area contributed by atoms with E-state index in [2.05, 4.69) is 5.32 Å². The van der Waals surface area contributed by atoms with Crippen LogP contribution in [0, 0.1) is 0 Å². The molecule has 4 rings (SSSR count). The molecule has 0 bridgehead atoms. The summed E-state index contributed by atoms with van der Waals surface area (Å²) in [6, 6.07) is 13.0. The maximum absolute atomic E-state index is 13.2. The lowest BCUT2D eigenvalue weighted by Gasteiger charge is -2.31. The Morgan fingerprint density at radius 1 is 1.03 bits per heavy atom. The lowest BCUT2D eigenvalue weighted by molar-refractivity contribution is 0.0921. The summed E-state index contributed by atoms with van der Waals surface area (Å²) in [5.74, 6) is -0.417. The summed E-state index contributed by atoms with van der Waals surface area (Å²) in [6.07, 6.45) is 3.12. The first kappa shape index (κ1) is 21.8. The van der Waals surface area contributed by atoms with E-state index in [0.717, 1.165) is 11.8 Å². The van der Waals surface area contributed by atoms with Gasteiger partial charge in [0.25, 0.3) is 15.9 Å². The molecule has 2 aromatic rings. The summed E-state index contributed by atoms with van der Waals surface area (Å²) in [7, 11) is -7.13. The number of anilines is 1. The Hall–Kier alpha value is -2.43. The Labute approximate surface area is 183 Å². The van der Waals surface area contributed by atoms with Crippen molar-refractivity contribution < 1.29 is 21.6 Å². The number of fused-ring (bicyclic) bond motifs is 1. The Bertz CT molecular complexity index is 1210. The molecule has 2 aromatic carbocycles. The fourth-order valence-corrected chi connectivity index (χ4v) is 6.57. The van der Waals surface area contributed by atoms with Gasteiger partial charge in [-0.25, -0.2) is 21.1 Å². The summed E-state index contributed by atoms with van der Waals surface area (Å²) in [5, 5.41) is 2.85. The Morgan fingerprint density at radius 2 is 1.81 bits per heavy atom. The van der Waals surface area contributed by atoms with Crippen molar-refractivity contribution in [3.63, 3.8) is 0 Å². The van der Waals surface area contributed by atoms with E-state index < -0.39 is 26.0 Å². The highest BCUT2D eigenvalue weighted by Gasteiger charge is 2.31. The van der Waals surface area contributed by atoms with Gasteiger partial charge in [0.15, 0.2) is 0 Å². The molecule has 1 atom stereocenters. The zero-order valence-electron chi connectivity index (χ0n) is 17.2. The highest BCUT2D eigenvalue weighted by molar-refractivity contribution is 7.92. The number of rotatable bonds is 5. The first-order valence-corrected chi connectivity index (χ1v) is 13.4. The molecule has 2 aliphatic rings. The van der Waals surface area contributed by atoms with E-state index in [1.54, 1.807) is 24.3 Å². The number of amides is 1. The molecular weight excluding hydrogens is 438 g/mol. The van der Waals surface area contributed by atoms with E-state index in [1.807, 2.05) is 12.1 Å². The summed E-state index contributed by atoms with van der Waals surface area (Å²) in [6.45, 7) is 1.02. The molecule has 31 heavy (non-hydrogen) atoms. The molecule has 166 valence electrons. The van der Waals surface area contributed by atoms with E-state index in [9.17, 15) is 21.6 Å². The van der Waals surface area contributed by atoms with Crippen LogP contribution in [0.2, 0.25) is 0 Å². The van der Waals surface area contributed by atoms with Crippen molar-refractivity contribution in [3.05, 3.63) is 59.7 Å². The third kappa shape index (κ3) is 4.46. The van der Waals surface area contributed by atoms with Crippen LogP contribution in [0.5, 0.6) is 0 Å². The molecular formula is C21H25N3O5S2. The second-order valence-corrected chi connectivity index (χ2v) is 11.8. The fraction of sp³-hybridized carbons (Fsp3) is 0.381. The number of sulfonamides is 2. The molecule has 10 heteroatoms. The summed E-state index contributed by atoms with van der Waals surface area (Å²) >= 11 is 0. The minimum atomic E-state index is -3.80. The molecule has 0 saturated carbocycles. The maximum Gasteiger partial charge on any atom is 0.264 e. The monoisotopic (exact) mass is 463 g/mol. The van der Waals surface area contributed by atoms with Gasteiger partial charge in [0.1, 0.15) is 0 Å². The molecule has 1 unspecified atom stereocenters. The largest absolute Gasteiger partial charge is 0.348 e. The number of benzene rings is 2. The van der Waals surface area contributed by atoms with Crippen molar-refractivity contribution in [2.45, 2.75) is 30.2 Å². The number of piperidine rings is 1. The van der Waals surface area contributed by atoms with Gasteiger partial charge in [-0.15, -0.1) is 0 Å². The fourth-order valence-electron chi connectivity index (χ4n) is 4.11. The van der Waals surface area contributed by atoms with Gasteiger partial charge in [0.05, 0.1) is 16.8 Å². The van der Waals surface area contributed by atoms with Crippen LogP contribution in [0.3, 0.4) is 0 Å². The number of hydrogen-bond donors (Lipinski definition) is 1. The molecule has 1 N–H and O–H groups in total. The van der Waals surface area contributed by atoms with E-state index in [-0.39, 0.29) is 23.0 Å². The molecule has 0 aromatic heterocycles. The molecule has 0 aliphatic carbocycles. The SMILES string of the molecule is CS(=O)(=O)N1CCCC(NC(=O)c2cccc(S(=O)(=O)N3CCc4ccccc43)c2)C1. The van der Waals surface area contributed by atoms with Crippen molar-refractivity contribution in [2.24, 2.45) is 0 Å². The summed E-state index contributed by atoms with van der Waals surface area (Å²) in [4.78, 5) is 12.8. The number of carbonyl (C=O) groups excluding carboxylic acids is 1. The van der Waals surface area contributed by atoms with Crippen molar-refractivity contribution in [3.8, 4) is 0 Å². The summed E-state index contributed by atoms with van der Waals surface area (Å²) in [5.41, 5.74) is 1.87. The van der Waals surface area contributed by atoms with Crippen molar-refractivity contribution in [1.82, 2.24) is 9.62 Å². The van der Waals surface area contributed by atoms with Crippen LogP contribution >= 0.6 is 0 Å². The number of nitrogens with zero attached hydrogens (tertiary/aromatic N) is 2. The Kier molecular flexibility index (Phi) is 5.80. The molecule has 0 radical (unpaired) electrons. The number of nitrogens with one attached hydrogen (secondary N) is 1. The molecule has 1 saturated heterocycles. The van der Waals surface area contributed by atoms with E-state index in [4.69, 9.17) is 0 Å². The molecule has 8 nitrogen and oxygen atoms in total. The van der Waals surface area contributed by atoms with Gasteiger partial charge in [-0.3, -0.25) is 9.10 Å². The van der Waals surface area contributed by atoms with Crippen molar-refractivity contribution in [1.29, 1.82) is 0 Å². The van der Waals surface area contributed by atoms with Gasteiger partial charge >= 0.3 is 0 Å². The topological polar surface area (TPSA) is 104 Å². The minimum Gasteiger partial charge on any atom is -0.348 e. The second kappa shape index (κ2) is 8.25. The Balaban J connectivity index is 1.53. The average Bonchev–Trinajstić information content (AvgIpc) is 3.18. The predicted molar refractivity (Wildman–Crippen MR) is 118 cm³/mol. The maximum atomic E-state index is 13.2. The Morgan fingerprint density at radius 3 is 2.58 bits per heavy atom. The van der Waals surface area contributed by atoms with Gasteiger partial charge in [-0.2, -0.15) is 0 Å². The zero-order valence-corrected chi connectivity index (χ0v) is 18.8. The number of carbonyl (C=O) groups is 1. The molecule has 2 heterocycles. The van der Waals surface area contributed by atoms with Gasteiger partial charge in [0.2, 0.25) is 10.0 Å². The smallest absolute Gasteiger partial charge is 0.264 e. The normalized spacial score (nSPS) is 19.8. The first-order valence-electron chi connectivity index (χ1n) is 10.1. The lowest BCUT2D eigenvalue weighted by atomic mass is 10.1.